The normalized spacial score (nSPS) is 22.3. The number of nitrogens with zero attached hydrogens (tertiary/aromatic N) is 4. The molecule has 0 bridgehead atoms. The van der Waals surface area contributed by atoms with Crippen LogP contribution < -0.4 is 22.1 Å². The minimum absolute atomic E-state index is 0.141. The Morgan fingerprint density at radius 2 is 0.911 bits per heavy atom. The minimum atomic E-state index is -2.19. The van der Waals surface area contributed by atoms with Gasteiger partial charge in [0, 0.05) is 20.6 Å². The van der Waals surface area contributed by atoms with Crippen molar-refractivity contribution >= 4 is 94.9 Å². The molecule has 4 aliphatic rings. The molecule has 3 aromatic carbocycles. The summed E-state index contributed by atoms with van der Waals surface area (Å²) in [5.74, 6) is -10.7. The quantitative estimate of drug-likeness (QED) is 0.0827. The maximum atomic E-state index is 15.1. The van der Waals surface area contributed by atoms with Gasteiger partial charge in [-0.05, 0) is 105 Å². The lowest BCUT2D eigenvalue weighted by molar-refractivity contribution is -0.267. The Kier molecular flexibility index (Phi) is 16.1. The first-order chi connectivity index (χ1) is 36.7. The predicted octanol–water partition coefficient (Wildman–Crippen LogP) is 3.40. The SMILES string of the molecule is CC(C)(C)C(=O)OC(OC(=O)[C@@H]1N2C(=O)[C@@H](N(C(=O)c3ccc(C(=O)N(C(=O)C(NC(N)=O)c4ccccc4)[C@@H]4C(=O)N5[C@@H]4SC(C)(C)[C@@H]5C(=O)O)cc3)C(=O)C(NC(N)=O)c3ccccc3)[C@H]2SC1(C)C)OC(=O)C(C)(C)C. The summed E-state index contributed by atoms with van der Waals surface area (Å²) in [6.07, 6.45) is 0. The zero-order valence-electron chi connectivity index (χ0n) is 44.6. The summed E-state index contributed by atoms with van der Waals surface area (Å²) >= 11 is 2.04. The number of carbonyl (C=O) groups is 12. The summed E-state index contributed by atoms with van der Waals surface area (Å²) < 4.78 is 13.8. The number of amides is 10. The van der Waals surface area contributed by atoms with Gasteiger partial charge in [0.25, 0.3) is 35.4 Å². The number of carboxylic acids is 1. The molecule has 8 atom stereocenters. The van der Waals surface area contributed by atoms with Crippen LogP contribution in [0.3, 0.4) is 0 Å². The van der Waals surface area contributed by atoms with Gasteiger partial charge >= 0.3 is 42.4 Å². The molecular weight excluding hydrogens is 1070 g/mol. The number of carboxylic acid groups (broad SMARTS) is 1. The van der Waals surface area contributed by atoms with Gasteiger partial charge in [0.1, 0.15) is 47.0 Å². The van der Waals surface area contributed by atoms with E-state index < -0.39 is 145 Å². The van der Waals surface area contributed by atoms with Crippen LogP contribution in [0.5, 0.6) is 0 Å². The van der Waals surface area contributed by atoms with Crippen LogP contribution in [0.4, 0.5) is 9.59 Å². The van der Waals surface area contributed by atoms with E-state index >= 15 is 9.59 Å². The molecule has 24 nitrogen and oxygen atoms in total. The van der Waals surface area contributed by atoms with Crippen molar-refractivity contribution in [3.05, 3.63) is 107 Å². The van der Waals surface area contributed by atoms with Crippen molar-refractivity contribution in [2.24, 2.45) is 22.3 Å². The average molecular weight is 1130 g/mol. The number of fused-ring (bicyclic) bond motifs is 2. The van der Waals surface area contributed by atoms with Crippen molar-refractivity contribution in [2.75, 3.05) is 0 Å². The molecule has 0 aliphatic carbocycles. The van der Waals surface area contributed by atoms with Crippen molar-refractivity contribution in [3.63, 3.8) is 0 Å². The number of thioether (sulfide) groups is 2. The van der Waals surface area contributed by atoms with Crippen LogP contribution in [-0.2, 0) is 52.6 Å². The molecule has 0 aromatic heterocycles. The van der Waals surface area contributed by atoms with E-state index in [4.69, 9.17) is 25.7 Å². The number of benzene rings is 3. The number of hydrogen-bond acceptors (Lipinski definition) is 17. The largest absolute Gasteiger partial charge is 0.480 e. The first-order valence-electron chi connectivity index (χ1n) is 24.6. The number of primary amides is 2. The van der Waals surface area contributed by atoms with E-state index in [0.29, 0.717) is 9.80 Å². The number of nitrogens with one attached hydrogen (secondary N) is 2. The zero-order valence-corrected chi connectivity index (χ0v) is 46.2. The van der Waals surface area contributed by atoms with E-state index in [2.05, 4.69) is 10.6 Å². The summed E-state index contributed by atoms with van der Waals surface area (Å²) in [7, 11) is 0. The van der Waals surface area contributed by atoms with Gasteiger partial charge < -0.3 is 51.2 Å². The number of β-lactam (4-membered cyclic amide) rings is 2. The van der Waals surface area contributed by atoms with E-state index in [1.165, 1.54) is 77.9 Å². The maximum Gasteiger partial charge on any atom is 0.412 e. The summed E-state index contributed by atoms with van der Waals surface area (Å²) in [5.41, 5.74) is 8.44. The number of imide groups is 2. The van der Waals surface area contributed by atoms with Gasteiger partial charge in [-0.25, -0.2) is 19.2 Å². The fourth-order valence-electron chi connectivity index (χ4n) is 9.39. The van der Waals surface area contributed by atoms with E-state index in [0.717, 1.165) is 57.6 Å². The Bertz CT molecular complexity index is 2990. The molecule has 4 saturated heterocycles. The number of carbonyl (C=O) groups excluding carboxylic acids is 11. The number of aliphatic carboxylic acids is 1. The Hall–Kier alpha value is -8.00. The number of rotatable bonds is 15. The highest BCUT2D eigenvalue weighted by atomic mass is 32.2. The Morgan fingerprint density at radius 1 is 0.570 bits per heavy atom. The molecule has 4 aliphatic heterocycles. The third-order valence-corrected chi connectivity index (χ3v) is 16.4. The second-order valence-electron chi connectivity index (χ2n) is 22.1. The van der Waals surface area contributed by atoms with Crippen LogP contribution >= 0.6 is 23.5 Å². The molecule has 420 valence electrons. The number of urea groups is 2. The summed E-state index contributed by atoms with van der Waals surface area (Å²) in [6, 6.07) is 7.87. The Labute approximate surface area is 461 Å². The first kappa shape index (κ1) is 58.7. The lowest BCUT2D eigenvalue weighted by Gasteiger charge is -2.48. The van der Waals surface area contributed by atoms with Crippen molar-refractivity contribution in [2.45, 2.75) is 132 Å². The van der Waals surface area contributed by atoms with Crippen molar-refractivity contribution in [3.8, 4) is 0 Å². The third-order valence-electron chi connectivity index (χ3n) is 13.3. The molecule has 7 rings (SSSR count). The van der Waals surface area contributed by atoms with Crippen molar-refractivity contribution < 1.29 is 76.9 Å². The molecule has 4 heterocycles. The molecular formula is C53H60N8O16S2. The number of ether oxygens (including phenoxy) is 3. The van der Waals surface area contributed by atoms with E-state index in [9.17, 15) is 53.1 Å². The number of esters is 3. The fraction of sp³-hybridized carbons (Fsp3) is 0.434. The molecule has 7 N–H and O–H groups in total. The molecule has 3 aromatic rings. The van der Waals surface area contributed by atoms with Gasteiger partial charge in [0.2, 0.25) is 0 Å². The number of nitrogens with two attached hydrogens (primary N) is 2. The van der Waals surface area contributed by atoms with Crippen LogP contribution in [0.2, 0.25) is 0 Å². The fourth-order valence-corrected chi connectivity index (χ4v) is 12.7. The van der Waals surface area contributed by atoms with Crippen LogP contribution in [0.1, 0.15) is 113 Å². The zero-order chi connectivity index (χ0) is 58.6. The van der Waals surface area contributed by atoms with Gasteiger partial charge in [0.05, 0.1) is 10.8 Å². The van der Waals surface area contributed by atoms with E-state index in [1.54, 1.807) is 52.0 Å². The highest BCUT2D eigenvalue weighted by Crippen LogP contribution is 2.54. The van der Waals surface area contributed by atoms with E-state index in [1.807, 2.05) is 0 Å². The molecule has 79 heavy (non-hydrogen) atoms. The molecule has 10 amide bonds. The van der Waals surface area contributed by atoms with E-state index in [-0.39, 0.29) is 22.3 Å². The third kappa shape index (κ3) is 11.5. The molecule has 4 fully saturated rings. The highest BCUT2D eigenvalue weighted by molar-refractivity contribution is 8.02. The van der Waals surface area contributed by atoms with Gasteiger partial charge in [-0.3, -0.25) is 48.2 Å². The lowest BCUT2D eigenvalue weighted by atomic mass is 9.93. The molecule has 0 radical (unpaired) electrons. The second kappa shape index (κ2) is 21.7. The highest BCUT2D eigenvalue weighted by Gasteiger charge is 2.69. The van der Waals surface area contributed by atoms with Crippen LogP contribution in [0.15, 0.2) is 84.9 Å². The first-order valence-corrected chi connectivity index (χ1v) is 26.4. The Balaban J connectivity index is 1.25. The second-order valence-corrected chi connectivity index (χ2v) is 25.6. The Morgan fingerprint density at radius 3 is 1.24 bits per heavy atom. The molecule has 2 unspecified atom stereocenters. The molecule has 0 saturated carbocycles. The summed E-state index contributed by atoms with van der Waals surface area (Å²) in [6.45, 7) is 13.2. The minimum Gasteiger partial charge on any atom is -0.480 e. The predicted molar refractivity (Wildman–Crippen MR) is 281 cm³/mol. The molecule has 26 heteroatoms. The maximum absolute atomic E-state index is 15.1. The van der Waals surface area contributed by atoms with Gasteiger partial charge in [-0.2, -0.15) is 0 Å². The topological polar surface area (TPSA) is 342 Å². The number of hydrogen-bond donors (Lipinski definition) is 5. The summed E-state index contributed by atoms with van der Waals surface area (Å²) in [5, 5.41) is 12.6. The average Bonchev–Trinajstić information content (AvgIpc) is 3.74. The lowest BCUT2D eigenvalue weighted by Crippen LogP contribution is -2.73. The van der Waals surface area contributed by atoms with Gasteiger partial charge in [-0.15, -0.1) is 23.5 Å². The van der Waals surface area contributed by atoms with Crippen LogP contribution in [0, 0.1) is 10.8 Å². The summed E-state index contributed by atoms with van der Waals surface area (Å²) in [4.78, 5) is 170. The van der Waals surface area contributed by atoms with Crippen LogP contribution in [-0.4, -0.2) is 147 Å². The standard InChI is InChI=1S/C53H60N8O16S2/c1-50(2,3)45(71)76-49(77-46(72)51(4,5)6)75-44(70)34-53(9,10)79-42-32(40(67)61(34)42)59(38(65)30(57-48(55)74)26-19-15-12-16-20-26)36(63)28-23-21-27(22-24-28)35(62)58(37(64)29(56-47(54)73)25-17-13-11-14-18-25)31-39(66)60-33(43(68)69)52(7,8)78-41(31)60/h11-24,29-34,41-42,49H,1-10H3,(H,68,69)(H3,54,56,73)(H3,55,57,74)/t29?,30?,31-,32-,33+,34+,41-,42-/m1/s1. The van der Waals surface area contributed by atoms with Crippen LogP contribution in [0.25, 0.3) is 0 Å². The van der Waals surface area contributed by atoms with Gasteiger partial charge in [0.15, 0.2) is 0 Å². The van der Waals surface area contributed by atoms with Gasteiger partial charge in [-0.1, -0.05) is 60.7 Å². The molecule has 0 spiro atoms. The van der Waals surface area contributed by atoms with Crippen molar-refractivity contribution in [1.82, 2.24) is 30.2 Å². The monoisotopic (exact) mass is 1130 g/mol. The van der Waals surface area contributed by atoms with Crippen molar-refractivity contribution in [1.29, 1.82) is 0 Å². The smallest absolute Gasteiger partial charge is 0.412 e.